The van der Waals surface area contributed by atoms with Crippen LogP contribution in [0.2, 0.25) is 0 Å². The molecule has 0 aromatic heterocycles. The zero-order valence-electron chi connectivity index (χ0n) is 17.1. The van der Waals surface area contributed by atoms with Gasteiger partial charge in [-0.2, -0.15) is 0 Å². The summed E-state index contributed by atoms with van der Waals surface area (Å²) in [4.78, 5) is 15.0. The van der Waals surface area contributed by atoms with Gasteiger partial charge in [0, 0.05) is 23.8 Å². The summed E-state index contributed by atoms with van der Waals surface area (Å²) in [7, 11) is -3.92. The molecule has 0 saturated heterocycles. The predicted molar refractivity (Wildman–Crippen MR) is 118 cm³/mol. The Hall–Kier alpha value is -3.19. The second-order valence-electron chi connectivity index (χ2n) is 7.79. The summed E-state index contributed by atoms with van der Waals surface area (Å²) >= 11 is 0. The Morgan fingerprint density at radius 2 is 1.71 bits per heavy atom. The molecule has 31 heavy (non-hydrogen) atoms. The fourth-order valence-corrected chi connectivity index (χ4v) is 4.44. The van der Waals surface area contributed by atoms with E-state index >= 15 is 0 Å². The monoisotopic (exact) mass is 438 g/mol. The molecular formula is C24H23FN2O3S. The van der Waals surface area contributed by atoms with Gasteiger partial charge in [0.2, 0.25) is 0 Å². The van der Waals surface area contributed by atoms with Crippen LogP contribution in [-0.2, 0) is 16.6 Å². The summed E-state index contributed by atoms with van der Waals surface area (Å²) in [5, 5.41) is 0. The fourth-order valence-electron chi connectivity index (χ4n) is 3.34. The average molecular weight is 439 g/mol. The lowest BCUT2D eigenvalue weighted by molar-refractivity contribution is 0.0729. The summed E-state index contributed by atoms with van der Waals surface area (Å²) in [5.41, 5.74) is 2.75. The van der Waals surface area contributed by atoms with Gasteiger partial charge >= 0.3 is 0 Å². The highest BCUT2D eigenvalue weighted by molar-refractivity contribution is 7.92. The average Bonchev–Trinajstić information content (AvgIpc) is 3.60. The van der Waals surface area contributed by atoms with Crippen molar-refractivity contribution in [2.24, 2.45) is 0 Å². The van der Waals surface area contributed by atoms with Crippen LogP contribution in [0.15, 0.2) is 77.7 Å². The minimum atomic E-state index is -3.92. The molecule has 1 fully saturated rings. The molecule has 0 radical (unpaired) electrons. The second-order valence-corrected chi connectivity index (χ2v) is 9.47. The maximum atomic E-state index is 13.2. The van der Waals surface area contributed by atoms with E-state index < -0.39 is 15.8 Å². The summed E-state index contributed by atoms with van der Waals surface area (Å²) < 4.78 is 41.0. The number of nitrogens with one attached hydrogen (secondary N) is 1. The Bertz CT molecular complexity index is 1190. The molecule has 7 heteroatoms. The number of carbonyl (C=O) groups is 1. The minimum Gasteiger partial charge on any atom is -0.331 e. The highest BCUT2D eigenvalue weighted by Gasteiger charge is 2.33. The van der Waals surface area contributed by atoms with Gasteiger partial charge in [-0.25, -0.2) is 12.8 Å². The molecule has 0 spiro atoms. The molecule has 4 rings (SSSR count). The maximum Gasteiger partial charge on any atom is 0.261 e. The Balaban J connectivity index is 1.56. The second kappa shape index (κ2) is 8.51. The van der Waals surface area contributed by atoms with Gasteiger partial charge in [-0.05, 0) is 67.8 Å². The topological polar surface area (TPSA) is 66.5 Å². The van der Waals surface area contributed by atoms with E-state index in [0.717, 1.165) is 24.0 Å². The number of rotatable bonds is 7. The standard InChI is InChI=1S/C24H23FN2O3S/c1-17-5-7-18(8-6-17)16-27(22-13-14-22)24(28)19-3-2-4-23(15-19)31(29,30)26-21-11-9-20(25)10-12-21/h2-12,15,22,26H,13-14,16H2,1H3. The predicted octanol–water partition coefficient (Wildman–Crippen LogP) is 4.74. The molecule has 1 N–H and O–H groups in total. The molecule has 0 unspecified atom stereocenters. The summed E-state index contributed by atoms with van der Waals surface area (Å²) in [6.45, 7) is 2.49. The van der Waals surface area contributed by atoms with Crippen molar-refractivity contribution in [2.75, 3.05) is 4.72 Å². The van der Waals surface area contributed by atoms with Crippen molar-refractivity contribution in [3.05, 3.63) is 95.3 Å². The lowest BCUT2D eigenvalue weighted by Crippen LogP contribution is -2.32. The number of hydrogen-bond acceptors (Lipinski definition) is 3. The van der Waals surface area contributed by atoms with E-state index in [1.54, 1.807) is 12.1 Å². The van der Waals surface area contributed by atoms with E-state index in [9.17, 15) is 17.6 Å². The first-order chi connectivity index (χ1) is 14.8. The van der Waals surface area contributed by atoms with Crippen LogP contribution in [0.5, 0.6) is 0 Å². The van der Waals surface area contributed by atoms with Crippen LogP contribution in [0.1, 0.15) is 34.3 Å². The van der Waals surface area contributed by atoms with Crippen LogP contribution in [0.3, 0.4) is 0 Å². The molecule has 160 valence electrons. The number of sulfonamides is 1. The Kier molecular flexibility index (Phi) is 5.78. The third-order valence-corrected chi connectivity index (χ3v) is 6.59. The summed E-state index contributed by atoms with van der Waals surface area (Å²) in [6.07, 6.45) is 1.89. The third kappa shape index (κ3) is 5.11. The molecule has 3 aromatic carbocycles. The Morgan fingerprint density at radius 3 is 2.35 bits per heavy atom. The molecule has 0 aliphatic heterocycles. The minimum absolute atomic E-state index is 0.0197. The van der Waals surface area contributed by atoms with E-state index in [2.05, 4.69) is 4.72 Å². The lowest BCUT2D eigenvalue weighted by Gasteiger charge is -2.23. The SMILES string of the molecule is Cc1ccc(CN(C(=O)c2cccc(S(=O)(=O)Nc3ccc(F)cc3)c2)C2CC2)cc1. The van der Waals surface area contributed by atoms with Crippen LogP contribution in [-0.4, -0.2) is 25.3 Å². The highest BCUT2D eigenvalue weighted by atomic mass is 32.2. The first-order valence-electron chi connectivity index (χ1n) is 10.1. The van der Waals surface area contributed by atoms with Crippen molar-refractivity contribution >= 4 is 21.6 Å². The molecule has 1 saturated carbocycles. The molecule has 1 aliphatic rings. The number of nitrogens with zero attached hydrogens (tertiary/aromatic N) is 1. The van der Waals surface area contributed by atoms with Gasteiger partial charge in [-0.1, -0.05) is 35.9 Å². The van der Waals surface area contributed by atoms with Crippen LogP contribution >= 0.6 is 0 Å². The van der Waals surface area contributed by atoms with Gasteiger partial charge in [0.25, 0.3) is 15.9 Å². The maximum absolute atomic E-state index is 13.2. The van der Waals surface area contributed by atoms with Crippen molar-refractivity contribution in [1.29, 1.82) is 0 Å². The summed E-state index contributed by atoms with van der Waals surface area (Å²) in [5.74, 6) is -0.647. The largest absolute Gasteiger partial charge is 0.331 e. The lowest BCUT2D eigenvalue weighted by atomic mass is 10.1. The Morgan fingerprint density at radius 1 is 1.03 bits per heavy atom. The molecule has 3 aromatic rings. The van der Waals surface area contributed by atoms with Gasteiger partial charge < -0.3 is 4.90 Å². The van der Waals surface area contributed by atoms with Crippen molar-refractivity contribution in [2.45, 2.75) is 37.2 Å². The van der Waals surface area contributed by atoms with E-state index in [1.807, 2.05) is 36.1 Å². The first-order valence-corrected chi connectivity index (χ1v) is 11.6. The number of carbonyl (C=O) groups excluding carboxylic acids is 1. The molecule has 1 aliphatic carbocycles. The number of amides is 1. The summed E-state index contributed by atoms with van der Waals surface area (Å²) in [6, 6.07) is 19.3. The molecule has 0 atom stereocenters. The van der Waals surface area contributed by atoms with Gasteiger partial charge in [0.15, 0.2) is 0 Å². The van der Waals surface area contributed by atoms with Crippen molar-refractivity contribution in [3.8, 4) is 0 Å². The molecular weight excluding hydrogens is 415 g/mol. The van der Waals surface area contributed by atoms with Gasteiger partial charge in [0.05, 0.1) is 4.90 Å². The number of anilines is 1. The van der Waals surface area contributed by atoms with E-state index in [-0.39, 0.29) is 22.5 Å². The molecule has 0 bridgehead atoms. The molecule has 0 heterocycles. The van der Waals surface area contributed by atoms with Crippen LogP contribution in [0.4, 0.5) is 10.1 Å². The van der Waals surface area contributed by atoms with Gasteiger partial charge in [-0.15, -0.1) is 0 Å². The zero-order chi connectivity index (χ0) is 22.0. The normalized spacial score (nSPS) is 13.6. The van der Waals surface area contributed by atoms with Crippen molar-refractivity contribution < 1.29 is 17.6 Å². The number of hydrogen-bond donors (Lipinski definition) is 1. The van der Waals surface area contributed by atoms with Gasteiger partial charge in [0.1, 0.15) is 5.82 Å². The molecule has 5 nitrogen and oxygen atoms in total. The fraction of sp³-hybridized carbons (Fsp3) is 0.208. The Labute approximate surface area is 181 Å². The van der Waals surface area contributed by atoms with E-state index in [4.69, 9.17) is 0 Å². The number of halogens is 1. The van der Waals surface area contributed by atoms with Crippen LogP contribution in [0.25, 0.3) is 0 Å². The van der Waals surface area contributed by atoms with E-state index in [0.29, 0.717) is 12.1 Å². The van der Waals surface area contributed by atoms with Crippen LogP contribution < -0.4 is 4.72 Å². The molecule has 1 amide bonds. The highest BCUT2D eigenvalue weighted by Crippen LogP contribution is 2.30. The van der Waals surface area contributed by atoms with Crippen molar-refractivity contribution in [1.82, 2.24) is 4.90 Å². The third-order valence-electron chi connectivity index (χ3n) is 5.21. The van der Waals surface area contributed by atoms with E-state index in [1.165, 1.54) is 36.4 Å². The zero-order valence-corrected chi connectivity index (χ0v) is 17.9. The van der Waals surface area contributed by atoms with Gasteiger partial charge in [-0.3, -0.25) is 9.52 Å². The smallest absolute Gasteiger partial charge is 0.261 e. The van der Waals surface area contributed by atoms with Crippen LogP contribution in [0, 0.1) is 12.7 Å². The number of aryl methyl sites for hydroxylation is 1. The number of benzene rings is 3. The first kappa shape index (κ1) is 21.1. The van der Waals surface area contributed by atoms with Crippen molar-refractivity contribution in [3.63, 3.8) is 0 Å². The quantitative estimate of drug-likeness (QED) is 0.579.